The lowest BCUT2D eigenvalue weighted by Crippen LogP contribution is -2.12. The van der Waals surface area contributed by atoms with Crippen molar-refractivity contribution < 1.29 is 9.84 Å². The summed E-state index contributed by atoms with van der Waals surface area (Å²) in [4.78, 5) is 0. The van der Waals surface area contributed by atoms with E-state index in [4.69, 9.17) is 9.84 Å². The Morgan fingerprint density at radius 1 is 1.26 bits per heavy atom. The van der Waals surface area contributed by atoms with Gasteiger partial charge in [0.25, 0.3) is 0 Å². The van der Waals surface area contributed by atoms with Gasteiger partial charge in [0, 0.05) is 12.6 Å². The quantitative estimate of drug-likeness (QED) is 0.709. The Morgan fingerprint density at radius 3 is 2.89 bits per heavy atom. The lowest BCUT2D eigenvalue weighted by molar-refractivity contribution is 0.273. The van der Waals surface area contributed by atoms with E-state index in [1.807, 2.05) is 7.05 Å². The van der Waals surface area contributed by atoms with E-state index in [1.165, 1.54) is 17.5 Å². The molecule has 106 valence electrons. The summed E-state index contributed by atoms with van der Waals surface area (Å²) in [6.45, 7) is 1.08. The van der Waals surface area contributed by atoms with Crippen LogP contribution in [-0.2, 0) is 6.42 Å². The molecule has 0 aliphatic heterocycles. The molecule has 1 aliphatic rings. The fraction of sp³-hybridized carbons (Fsp3) is 0.625. The second kappa shape index (κ2) is 7.51. The lowest BCUT2D eigenvalue weighted by atomic mass is 10.1. The Hall–Kier alpha value is -1.06. The van der Waals surface area contributed by atoms with Crippen LogP contribution >= 0.6 is 0 Å². The van der Waals surface area contributed by atoms with Crippen LogP contribution in [0.1, 0.15) is 49.3 Å². The maximum Gasteiger partial charge on any atom is 0.119 e. The van der Waals surface area contributed by atoms with Gasteiger partial charge in [-0.15, -0.1) is 0 Å². The summed E-state index contributed by atoms with van der Waals surface area (Å²) in [5.41, 5.74) is 2.86. The van der Waals surface area contributed by atoms with E-state index in [0.29, 0.717) is 12.6 Å². The number of aliphatic hydroxyl groups is 1. The van der Waals surface area contributed by atoms with Gasteiger partial charge in [0.15, 0.2) is 0 Å². The van der Waals surface area contributed by atoms with Crippen molar-refractivity contribution in [2.24, 2.45) is 0 Å². The SMILES string of the molecule is CNC1CCc2cc(OCCCCCCO)ccc21. The number of rotatable bonds is 8. The number of aliphatic hydroxyl groups excluding tert-OH is 1. The van der Waals surface area contributed by atoms with Gasteiger partial charge in [-0.25, -0.2) is 0 Å². The number of ether oxygens (including phenoxy) is 1. The Labute approximate surface area is 116 Å². The van der Waals surface area contributed by atoms with Crippen molar-refractivity contribution >= 4 is 0 Å². The van der Waals surface area contributed by atoms with Crippen molar-refractivity contribution in [2.75, 3.05) is 20.3 Å². The molecule has 0 heterocycles. The molecule has 0 spiro atoms. The van der Waals surface area contributed by atoms with Gasteiger partial charge in [-0.3, -0.25) is 0 Å². The first-order chi connectivity index (χ1) is 9.35. The topological polar surface area (TPSA) is 41.5 Å². The minimum atomic E-state index is 0.304. The van der Waals surface area contributed by atoms with Gasteiger partial charge in [0.2, 0.25) is 0 Å². The number of hydrogen-bond acceptors (Lipinski definition) is 3. The van der Waals surface area contributed by atoms with Crippen LogP contribution in [0.3, 0.4) is 0 Å². The Balaban J connectivity index is 1.76. The first kappa shape index (κ1) is 14.4. The molecule has 0 saturated carbocycles. The van der Waals surface area contributed by atoms with Crippen LogP contribution in [-0.4, -0.2) is 25.4 Å². The zero-order valence-corrected chi connectivity index (χ0v) is 11.8. The van der Waals surface area contributed by atoms with E-state index in [2.05, 4.69) is 23.5 Å². The average molecular weight is 263 g/mol. The van der Waals surface area contributed by atoms with Gasteiger partial charge in [-0.2, -0.15) is 0 Å². The molecule has 0 radical (unpaired) electrons. The third kappa shape index (κ3) is 3.95. The molecule has 3 heteroatoms. The second-order valence-corrected chi connectivity index (χ2v) is 5.23. The summed E-state index contributed by atoms with van der Waals surface area (Å²) in [5.74, 6) is 0.998. The third-order valence-corrected chi connectivity index (χ3v) is 3.86. The van der Waals surface area contributed by atoms with Crippen LogP contribution in [0.25, 0.3) is 0 Å². The number of benzene rings is 1. The molecule has 0 fully saturated rings. The fourth-order valence-electron chi connectivity index (χ4n) is 2.74. The van der Waals surface area contributed by atoms with E-state index < -0.39 is 0 Å². The van der Waals surface area contributed by atoms with Crippen LogP contribution in [0.15, 0.2) is 18.2 Å². The highest BCUT2D eigenvalue weighted by Crippen LogP contribution is 2.33. The van der Waals surface area contributed by atoms with Crippen LogP contribution in [0, 0.1) is 0 Å². The molecule has 1 unspecified atom stereocenters. The van der Waals surface area contributed by atoms with Gasteiger partial charge in [0.05, 0.1) is 6.61 Å². The molecular weight excluding hydrogens is 238 g/mol. The molecule has 1 aliphatic carbocycles. The molecule has 0 bridgehead atoms. The average Bonchev–Trinajstić information content (AvgIpc) is 2.85. The summed E-state index contributed by atoms with van der Waals surface area (Å²) in [6.07, 6.45) is 6.53. The van der Waals surface area contributed by atoms with Gasteiger partial charge in [-0.05, 0) is 62.4 Å². The zero-order chi connectivity index (χ0) is 13.5. The minimum Gasteiger partial charge on any atom is -0.494 e. The number of fused-ring (bicyclic) bond motifs is 1. The molecule has 1 atom stereocenters. The van der Waals surface area contributed by atoms with Crippen molar-refractivity contribution in [2.45, 2.75) is 44.6 Å². The zero-order valence-electron chi connectivity index (χ0n) is 11.8. The van der Waals surface area contributed by atoms with Gasteiger partial charge in [0.1, 0.15) is 5.75 Å². The smallest absolute Gasteiger partial charge is 0.119 e. The molecule has 19 heavy (non-hydrogen) atoms. The standard InChI is InChI=1S/C16H25NO2/c1-17-16-9-6-13-12-14(7-8-15(13)16)19-11-5-3-2-4-10-18/h7-8,12,16-18H,2-6,9-11H2,1H3. The number of hydrogen-bond donors (Lipinski definition) is 2. The molecule has 0 saturated heterocycles. The minimum absolute atomic E-state index is 0.304. The van der Waals surface area contributed by atoms with Crippen molar-refractivity contribution in [3.05, 3.63) is 29.3 Å². The van der Waals surface area contributed by atoms with Crippen LogP contribution < -0.4 is 10.1 Å². The van der Waals surface area contributed by atoms with Crippen molar-refractivity contribution in [1.29, 1.82) is 0 Å². The molecule has 2 rings (SSSR count). The molecule has 1 aromatic rings. The third-order valence-electron chi connectivity index (χ3n) is 3.86. The predicted molar refractivity (Wildman–Crippen MR) is 77.6 cm³/mol. The van der Waals surface area contributed by atoms with E-state index >= 15 is 0 Å². The molecule has 0 aromatic heterocycles. The van der Waals surface area contributed by atoms with E-state index in [0.717, 1.165) is 44.5 Å². The molecule has 1 aromatic carbocycles. The largest absolute Gasteiger partial charge is 0.494 e. The second-order valence-electron chi connectivity index (χ2n) is 5.23. The predicted octanol–water partition coefficient (Wildman–Crippen LogP) is 2.82. The number of unbranched alkanes of at least 4 members (excludes halogenated alkanes) is 3. The summed E-state index contributed by atoms with van der Waals surface area (Å²) in [7, 11) is 2.02. The molecule has 0 amide bonds. The first-order valence-electron chi connectivity index (χ1n) is 7.39. The summed E-state index contributed by atoms with van der Waals surface area (Å²) < 4.78 is 5.80. The maximum absolute atomic E-state index is 8.70. The fourth-order valence-corrected chi connectivity index (χ4v) is 2.74. The van der Waals surface area contributed by atoms with Gasteiger partial charge >= 0.3 is 0 Å². The van der Waals surface area contributed by atoms with Crippen molar-refractivity contribution in [3.63, 3.8) is 0 Å². The summed E-state index contributed by atoms with van der Waals surface area (Å²) in [6, 6.07) is 7.00. The first-order valence-corrected chi connectivity index (χ1v) is 7.39. The highest BCUT2D eigenvalue weighted by atomic mass is 16.5. The number of nitrogens with one attached hydrogen (secondary N) is 1. The van der Waals surface area contributed by atoms with Crippen LogP contribution in [0.5, 0.6) is 5.75 Å². The summed E-state index contributed by atoms with van der Waals surface area (Å²) >= 11 is 0. The molecular formula is C16H25NO2. The highest BCUT2D eigenvalue weighted by molar-refractivity contribution is 5.40. The lowest BCUT2D eigenvalue weighted by Gasteiger charge is -2.11. The Kier molecular flexibility index (Phi) is 5.67. The highest BCUT2D eigenvalue weighted by Gasteiger charge is 2.20. The van der Waals surface area contributed by atoms with Crippen molar-refractivity contribution in [3.8, 4) is 5.75 Å². The van der Waals surface area contributed by atoms with Gasteiger partial charge < -0.3 is 15.2 Å². The Morgan fingerprint density at radius 2 is 2.11 bits per heavy atom. The number of aryl methyl sites for hydroxylation is 1. The van der Waals surface area contributed by atoms with Crippen molar-refractivity contribution in [1.82, 2.24) is 5.32 Å². The monoisotopic (exact) mass is 263 g/mol. The normalized spacial score (nSPS) is 17.5. The van der Waals surface area contributed by atoms with E-state index in [9.17, 15) is 0 Å². The molecule has 3 nitrogen and oxygen atoms in total. The Bertz CT molecular complexity index is 392. The van der Waals surface area contributed by atoms with Crippen LogP contribution in [0.2, 0.25) is 0 Å². The van der Waals surface area contributed by atoms with E-state index in [1.54, 1.807) is 0 Å². The van der Waals surface area contributed by atoms with E-state index in [-0.39, 0.29) is 0 Å². The van der Waals surface area contributed by atoms with Gasteiger partial charge in [-0.1, -0.05) is 12.5 Å². The summed E-state index contributed by atoms with van der Waals surface area (Å²) in [5, 5.41) is 12.0. The van der Waals surface area contributed by atoms with Crippen LogP contribution in [0.4, 0.5) is 0 Å². The maximum atomic E-state index is 8.70. The molecule has 2 N–H and O–H groups in total.